The Morgan fingerprint density at radius 2 is 2.07 bits per heavy atom. The van der Waals surface area contributed by atoms with Crippen molar-refractivity contribution in [1.29, 1.82) is 0 Å². The molecule has 164 valence electrons. The molecule has 2 aromatic rings. The average molecular weight is 447 g/mol. The number of ether oxygens (including phenoxy) is 1. The third-order valence-electron chi connectivity index (χ3n) is 4.64. The normalized spacial score (nSPS) is 18.5. The third kappa shape index (κ3) is 4.16. The second-order valence-corrected chi connectivity index (χ2v) is 9.09. The average Bonchev–Trinajstić information content (AvgIpc) is 2.89. The fraction of sp³-hybridized carbons (Fsp3) is 0.389. The minimum absolute atomic E-state index is 0.101. The number of fused-ring (bicyclic) bond motifs is 1. The number of aliphatic hydroxyl groups is 1. The van der Waals surface area contributed by atoms with Gasteiger partial charge in [0.05, 0.1) is 17.2 Å². The fourth-order valence-electron chi connectivity index (χ4n) is 2.95. The highest BCUT2D eigenvalue weighted by atomic mass is 32.2. The monoisotopic (exact) mass is 447 g/mol. The first-order valence-electron chi connectivity index (χ1n) is 8.77. The molecule has 12 heteroatoms. The van der Waals surface area contributed by atoms with Gasteiger partial charge in [0.15, 0.2) is 11.4 Å². The second-order valence-electron chi connectivity index (χ2n) is 7.41. The van der Waals surface area contributed by atoms with Gasteiger partial charge in [-0.15, -0.1) is 0 Å². The third-order valence-corrected chi connectivity index (χ3v) is 6.11. The van der Waals surface area contributed by atoms with Crippen molar-refractivity contribution in [2.45, 2.75) is 36.8 Å². The van der Waals surface area contributed by atoms with Crippen LogP contribution in [0, 0.1) is 5.82 Å². The number of aromatic nitrogens is 1. The molecule has 0 saturated carbocycles. The first-order valence-corrected chi connectivity index (χ1v) is 10.3. The van der Waals surface area contributed by atoms with Gasteiger partial charge in [0.25, 0.3) is 12.3 Å². The molecule has 0 bridgehead atoms. The van der Waals surface area contributed by atoms with Crippen LogP contribution in [0.5, 0.6) is 5.75 Å². The molecule has 1 aromatic heterocycles. The number of hydrogen-bond donors (Lipinski definition) is 3. The molecule has 1 aliphatic rings. The van der Waals surface area contributed by atoms with Crippen LogP contribution in [0.1, 0.15) is 36.3 Å². The molecule has 2 heterocycles. The van der Waals surface area contributed by atoms with Gasteiger partial charge in [0.1, 0.15) is 17.3 Å². The SMILES string of the molecule is Cn1cc2c(c1C(=O)Nc1ccc(F)c(C(F)F)c1)OC[C@@H](C(C)(C)O)NS2(=O)=O. The first-order chi connectivity index (χ1) is 13.8. The summed E-state index contributed by atoms with van der Waals surface area (Å²) in [7, 11) is -2.72. The van der Waals surface area contributed by atoms with Crippen molar-refractivity contribution in [2.75, 3.05) is 11.9 Å². The highest BCUT2D eigenvalue weighted by molar-refractivity contribution is 7.89. The number of halogens is 3. The van der Waals surface area contributed by atoms with Gasteiger partial charge in [-0.1, -0.05) is 0 Å². The number of rotatable bonds is 4. The number of nitrogens with one attached hydrogen (secondary N) is 2. The molecular weight excluding hydrogens is 427 g/mol. The standard InChI is InChI=1S/C18H20F3N3O5S/c1-18(2,26)13-8-29-15-12(30(27,28)23-13)7-24(3)14(15)17(25)22-9-4-5-11(19)10(6-9)16(20)21/h4-7,13,16,23,26H,8H2,1-3H3,(H,22,25)/t13-/m0/s1. The smallest absolute Gasteiger partial charge is 0.276 e. The predicted octanol–water partition coefficient (Wildman–Crippen LogP) is 2.16. The number of sulfonamides is 1. The van der Waals surface area contributed by atoms with E-state index in [4.69, 9.17) is 4.74 Å². The van der Waals surface area contributed by atoms with Crippen molar-refractivity contribution in [3.8, 4) is 5.75 Å². The van der Waals surface area contributed by atoms with Gasteiger partial charge in [-0.2, -0.15) is 0 Å². The fourth-order valence-corrected chi connectivity index (χ4v) is 4.50. The Hall–Kier alpha value is -2.57. The van der Waals surface area contributed by atoms with E-state index in [1.165, 1.54) is 25.5 Å². The Labute approximate surface area is 170 Å². The van der Waals surface area contributed by atoms with Gasteiger partial charge in [-0.25, -0.2) is 26.3 Å². The number of amides is 1. The number of benzene rings is 1. The Balaban J connectivity index is 1.97. The molecule has 1 atom stereocenters. The van der Waals surface area contributed by atoms with Crippen LogP contribution in [0.15, 0.2) is 29.3 Å². The molecule has 30 heavy (non-hydrogen) atoms. The van der Waals surface area contributed by atoms with Crippen LogP contribution in [-0.4, -0.2) is 42.2 Å². The minimum Gasteiger partial charge on any atom is -0.488 e. The van der Waals surface area contributed by atoms with E-state index < -0.39 is 45.4 Å². The number of nitrogens with zero attached hydrogens (tertiary/aromatic N) is 1. The maximum atomic E-state index is 13.5. The summed E-state index contributed by atoms with van der Waals surface area (Å²) in [6, 6.07) is 1.70. The Kier molecular flexibility index (Phi) is 5.60. The maximum Gasteiger partial charge on any atom is 0.276 e. The summed E-state index contributed by atoms with van der Waals surface area (Å²) in [5.41, 5.74) is -2.61. The van der Waals surface area contributed by atoms with Crippen molar-refractivity contribution < 1.29 is 36.2 Å². The number of anilines is 1. The van der Waals surface area contributed by atoms with Crippen molar-refractivity contribution in [2.24, 2.45) is 7.05 Å². The summed E-state index contributed by atoms with van der Waals surface area (Å²) in [4.78, 5) is 12.5. The lowest BCUT2D eigenvalue weighted by Gasteiger charge is -2.27. The summed E-state index contributed by atoms with van der Waals surface area (Å²) < 4.78 is 73.7. The number of aryl methyl sites for hydroxylation is 1. The molecule has 3 N–H and O–H groups in total. The zero-order chi connectivity index (χ0) is 22.4. The maximum absolute atomic E-state index is 13.5. The second kappa shape index (κ2) is 7.60. The highest BCUT2D eigenvalue weighted by Gasteiger charge is 2.39. The van der Waals surface area contributed by atoms with Crippen molar-refractivity contribution >= 4 is 21.6 Å². The molecule has 0 aliphatic carbocycles. The van der Waals surface area contributed by atoms with Gasteiger partial charge in [-0.05, 0) is 32.0 Å². The number of carbonyl (C=O) groups excluding carboxylic acids is 1. The molecule has 8 nitrogen and oxygen atoms in total. The number of hydrogen-bond acceptors (Lipinski definition) is 5. The van der Waals surface area contributed by atoms with Gasteiger partial charge in [0.2, 0.25) is 10.0 Å². The van der Waals surface area contributed by atoms with E-state index in [0.717, 1.165) is 24.4 Å². The number of alkyl halides is 2. The van der Waals surface area contributed by atoms with E-state index in [2.05, 4.69) is 10.0 Å². The lowest BCUT2D eigenvalue weighted by Crippen LogP contribution is -2.51. The molecule has 1 aliphatic heterocycles. The Morgan fingerprint density at radius 1 is 1.40 bits per heavy atom. The van der Waals surface area contributed by atoms with Gasteiger partial charge in [0, 0.05) is 18.9 Å². The lowest BCUT2D eigenvalue weighted by atomic mass is 10.0. The van der Waals surface area contributed by atoms with Crippen LogP contribution < -0.4 is 14.8 Å². The largest absolute Gasteiger partial charge is 0.488 e. The molecule has 1 amide bonds. The zero-order valence-electron chi connectivity index (χ0n) is 16.2. The van der Waals surface area contributed by atoms with Crippen LogP contribution in [-0.2, 0) is 17.1 Å². The predicted molar refractivity (Wildman–Crippen MR) is 101 cm³/mol. The van der Waals surface area contributed by atoms with Gasteiger partial charge in [-0.3, -0.25) is 4.79 Å². The highest BCUT2D eigenvalue weighted by Crippen LogP contribution is 2.34. The summed E-state index contributed by atoms with van der Waals surface area (Å²) in [6.07, 6.45) is -1.92. The molecule has 3 rings (SSSR count). The van der Waals surface area contributed by atoms with Crippen molar-refractivity contribution in [1.82, 2.24) is 9.29 Å². The topological polar surface area (TPSA) is 110 Å². The molecule has 0 saturated heterocycles. The Bertz CT molecular complexity index is 1090. The van der Waals surface area contributed by atoms with Crippen LogP contribution in [0.3, 0.4) is 0 Å². The Morgan fingerprint density at radius 3 is 2.67 bits per heavy atom. The number of carbonyl (C=O) groups is 1. The summed E-state index contributed by atoms with van der Waals surface area (Å²) in [6.45, 7) is 2.55. The van der Waals surface area contributed by atoms with E-state index in [9.17, 15) is 31.5 Å². The van der Waals surface area contributed by atoms with Gasteiger partial charge < -0.3 is 19.7 Å². The van der Waals surface area contributed by atoms with Crippen LogP contribution in [0.2, 0.25) is 0 Å². The molecule has 0 unspecified atom stereocenters. The van der Waals surface area contributed by atoms with Gasteiger partial charge >= 0.3 is 0 Å². The van der Waals surface area contributed by atoms with Crippen LogP contribution in [0.4, 0.5) is 18.9 Å². The molecule has 0 spiro atoms. The minimum atomic E-state index is -4.13. The van der Waals surface area contributed by atoms with E-state index >= 15 is 0 Å². The van der Waals surface area contributed by atoms with Crippen LogP contribution >= 0.6 is 0 Å². The summed E-state index contributed by atoms with van der Waals surface area (Å²) in [5, 5.41) is 12.5. The quantitative estimate of drug-likeness (QED) is 0.666. The molecule has 1 aromatic carbocycles. The summed E-state index contributed by atoms with van der Waals surface area (Å²) in [5.74, 6) is -2.21. The molecule has 0 fully saturated rings. The van der Waals surface area contributed by atoms with E-state index in [1.54, 1.807) is 0 Å². The van der Waals surface area contributed by atoms with E-state index in [0.29, 0.717) is 0 Å². The van der Waals surface area contributed by atoms with Crippen molar-refractivity contribution in [3.63, 3.8) is 0 Å². The lowest BCUT2D eigenvalue weighted by molar-refractivity contribution is 0.0288. The first kappa shape index (κ1) is 22.1. The summed E-state index contributed by atoms with van der Waals surface area (Å²) >= 11 is 0. The molecular formula is C18H20F3N3O5S. The van der Waals surface area contributed by atoms with E-state index in [-0.39, 0.29) is 28.6 Å². The van der Waals surface area contributed by atoms with Crippen molar-refractivity contribution in [3.05, 3.63) is 41.5 Å². The van der Waals surface area contributed by atoms with Crippen LogP contribution in [0.25, 0.3) is 0 Å². The zero-order valence-corrected chi connectivity index (χ0v) is 17.1. The molecule has 0 radical (unpaired) electrons. The van der Waals surface area contributed by atoms with E-state index in [1.807, 2.05) is 0 Å².